The molecule has 0 saturated heterocycles. The molecule has 0 fully saturated rings. The molecule has 0 aromatic heterocycles. The van der Waals surface area contributed by atoms with E-state index in [-0.39, 0.29) is 33.6 Å². The number of likely N-dealkylation sites (N-methyl/N-ethyl adjacent to an activating group) is 1. The Balaban J connectivity index is 1.84. The van der Waals surface area contributed by atoms with Crippen LogP contribution >= 0.6 is 46.4 Å². The van der Waals surface area contributed by atoms with E-state index in [0.29, 0.717) is 22.2 Å². The van der Waals surface area contributed by atoms with Gasteiger partial charge >= 0.3 is 0 Å². The quantitative estimate of drug-likeness (QED) is 0.169. The summed E-state index contributed by atoms with van der Waals surface area (Å²) in [5, 5.41) is 3.72. The first-order valence-corrected chi connectivity index (χ1v) is 16.5. The Morgan fingerprint density at radius 3 is 1.98 bits per heavy atom. The van der Waals surface area contributed by atoms with E-state index in [1.165, 1.54) is 35.2 Å². The summed E-state index contributed by atoms with van der Waals surface area (Å²) in [5.74, 6) is -1.08. The molecule has 4 aromatic carbocycles. The van der Waals surface area contributed by atoms with Crippen molar-refractivity contribution in [3.8, 4) is 0 Å². The average Bonchev–Trinajstić information content (AvgIpc) is 3.01. The molecule has 7 nitrogen and oxygen atoms in total. The van der Waals surface area contributed by atoms with Gasteiger partial charge in [-0.3, -0.25) is 13.9 Å². The summed E-state index contributed by atoms with van der Waals surface area (Å²) in [4.78, 5) is 29.3. The van der Waals surface area contributed by atoms with Crippen molar-refractivity contribution < 1.29 is 18.0 Å². The number of nitrogens with zero attached hydrogens (tertiary/aromatic N) is 2. The second-order valence-electron chi connectivity index (χ2n) is 9.75. The predicted octanol–water partition coefficient (Wildman–Crippen LogP) is 7.27. The summed E-state index contributed by atoms with van der Waals surface area (Å²) < 4.78 is 29.0. The van der Waals surface area contributed by atoms with Gasteiger partial charge in [0.15, 0.2) is 0 Å². The highest BCUT2D eigenvalue weighted by Gasteiger charge is 2.35. The molecule has 1 N–H and O–H groups in total. The van der Waals surface area contributed by atoms with Crippen molar-refractivity contribution in [1.29, 1.82) is 0 Å². The number of carbonyl (C=O) groups is 2. The minimum Gasteiger partial charge on any atom is -0.355 e. The summed E-state index contributed by atoms with van der Waals surface area (Å²) in [6.45, 7) is 1.26. The summed E-state index contributed by atoms with van der Waals surface area (Å²) in [6, 6.07) is 25.1. The molecule has 1 unspecified atom stereocenters. The van der Waals surface area contributed by atoms with E-state index in [1.807, 2.05) is 30.3 Å². The fourth-order valence-corrected chi connectivity index (χ4v) is 6.82. The normalized spacial score (nSPS) is 11.9. The van der Waals surface area contributed by atoms with Gasteiger partial charge in [0.25, 0.3) is 10.0 Å². The lowest BCUT2D eigenvalue weighted by molar-refractivity contribution is -0.140. The second kappa shape index (κ2) is 15.1. The van der Waals surface area contributed by atoms with Crippen LogP contribution < -0.4 is 9.62 Å². The van der Waals surface area contributed by atoms with Crippen LogP contribution in [0.4, 0.5) is 5.69 Å². The molecule has 1 atom stereocenters. The minimum absolute atomic E-state index is 0.0378. The van der Waals surface area contributed by atoms with Gasteiger partial charge < -0.3 is 10.2 Å². The Morgan fingerprint density at radius 2 is 1.39 bits per heavy atom. The monoisotopic (exact) mass is 691 g/mol. The highest BCUT2D eigenvalue weighted by atomic mass is 35.5. The van der Waals surface area contributed by atoms with Crippen LogP contribution in [0, 0.1) is 0 Å². The van der Waals surface area contributed by atoms with Gasteiger partial charge in [-0.2, -0.15) is 0 Å². The van der Waals surface area contributed by atoms with Crippen molar-refractivity contribution in [3.05, 3.63) is 128 Å². The number of sulfonamides is 1. The second-order valence-corrected chi connectivity index (χ2v) is 13.2. The van der Waals surface area contributed by atoms with E-state index < -0.39 is 34.4 Å². The summed E-state index contributed by atoms with van der Waals surface area (Å²) in [6.07, 6.45) is 0.151. The molecule has 0 heterocycles. The topological polar surface area (TPSA) is 86.8 Å². The van der Waals surface area contributed by atoms with E-state index in [2.05, 4.69) is 5.32 Å². The summed E-state index contributed by atoms with van der Waals surface area (Å²) >= 11 is 25.4. The van der Waals surface area contributed by atoms with Crippen molar-refractivity contribution in [3.63, 3.8) is 0 Å². The molecule has 2 amide bonds. The molecule has 0 radical (unpaired) electrons. The predicted molar refractivity (Wildman–Crippen MR) is 177 cm³/mol. The third-order valence-electron chi connectivity index (χ3n) is 6.81. The number of carbonyl (C=O) groups excluding carboxylic acids is 2. The fraction of sp³-hybridized carbons (Fsp3) is 0.188. The maximum atomic E-state index is 14.4. The van der Waals surface area contributed by atoms with E-state index >= 15 is 0 Å². The molecule has 0 spiro atoms. The van der Waals surface area contributed by atoms with Crippen LogP contribution in [0.25, 0.3) is 0 Å². The number of amides is 2. The van der Waals surface area contributed by atoms with Crippen LogP contribution in [-0.2, 0) is 32.6 Å². The maximum Gasteiger partial charge on any atom is 0.264 e. The molecular formula is C32H29Cl4N3O4S. The molecule has 0 bridgehead atoms. The molecule has 4 aromatic rings. The lowest BCUT2D eigenvalue weighted by Gasteiger charge is -2.34. The Bertz CT molecular complexity index is 1700. The summed E-state index contributed by atoms with van der Waals surface area (Å²) in [7, 11) is -4.29. The van der Waals surface area contributed by atoms with Gasteiger partial charge in [-0.05, 0) is 55.0 Å². The van der Waals surface area contributed by atoms with Crippen LogP contribution in [0.2, 0.25) is 20.1 Å². The van der Waals surface area contributed by atoms with Crippen LogP contribution in [0.1, 0.15) is 18.1 Å². The van der Waals surface area contributed by atoms with Crippen molar-refractivity contribution in [2.45, 2.75) is 30.8 Å². The Morgan fingerprint density at radius 1 is 0.773 bits per heavy atom. The third-order valence-corrected chi connectivity index (χ3v) is 10.0. The lowest BCUT2D eigenvalue weighted by Crippen LogP contribution is -2.53. The Hall–Kier alpha value is -3.27. The van der Waals surface area contributed by atoms with Gasteiger partial charge in [0, 0.05) is 35.1 Å². The number of hydrogen-bond acceptors (Lipinski definition) is 4. The molecule has 0 aliphatic heterocycles. The van der Waals surface area contributed by atoms with Crippen LogP contribution in [0.5, 0.6) is 0 Å². The average molecular weight is 693 g/mol. The molecule has 4 rings (SSSR count). The molecule has 0 aliphatic carbocycles. The van der Waals surface area contributed by atoms with Crippen LogP contribution in [-0.4, -0.2) is 44.3 Å². The fourth-order valence-electron chi connectivity index (χ4n) is 4.59. The zero-order chi connectivity index (χ0) is 31.9. The number of nitrogens with one attached hydrogen (secondary N) is 1. The van der Waals surface area contributed by atoms with E-state index in [1.54, 1.807) is 43.3 Å². The van der Waals surface area contributed by atoms with Crippen LogP contribution in [0.3, 0.4) is 0 Å². The molecular weight excluding hydrogens is 664 g/mol. The Labute approximate surface area is 277 Å². The van der Waals surface area contributed by atoms with Gasteiger partial charge in [-0.15, -0.1) is 0 Å². The largest absolute Gasteiger partial charge is 0.355 e. The first-order chi connectivity index (χ1) is 21.0. The van der Waals surface area contributed by atoms with Gasteiger partial charge in [-0.1, -0.05) is 101 Å². The minimum atomic E-state index is -4.29. The number of benzene rings is 4. The molecule has 230 valence electrons. The first-order valence-electron chi connectivity index (χ1n) is 13.6. The highest BCUT2D eigenvalue weighted by molar-refractivity contribution is 7.92. The first kappa shape index (κ1) is 33.6. The molecule has 0 aliphatic rings. The van der Waals surface area contributed by atoms with E-state index in [9.17, 15) is 18.0 Å². The van der Waals surface area contributed by atoms with Gasteiger partial charge in [-0.25, -0.2) is 8.42 Å². The number of rotatable bonds is 12. The van der Waals surface area contributed by atoms with Crippen LogP contribution in [0.15, 0.2) is 102 Å². The van der Waals surface area contributed by atoms with Crippen molar-refractivity contribution in [2.24, 2.45) is 0 Å². The highest BCUT2D eigenvalue weighted by Crippen LogP contribution is 2.32. The van der Waals surface area contributed by atoms with Crippen molar-refractivity contribution in [1.82, 2.24) is 10.2 Å². The smallest absolute Gasteiger partial charge is 0.264 e. The van der Waals surface area contributed by atoms with E-state index in [4.69, 9.17) is 46.4 Å². The van der Waals surface area contributed by atoms with E-state index in [0.717, 1.165) is 9.87 Å². The third kappa shape index (κ3) is 8.06. The lowest BCUT2D eigenvalue weighted by atomic mass is 10.0. The molecule has 44 heavy (non-hydrogen) atoms. The number of anilines is 1. The number of hydrogen-bond donors (Lipinski definition) is 1. The van der Waals surface area contributed by atoms with Gasteiger partial charge in [0.2, 0.25) is 11.8 Å². The molecule has 0 saturated carbocycles. The SMILES string of the molecule is CCNC(=O)C(Cc1ccccc1)N(Cc1c(Cl)cccc1Cl)C(=O)CN(c1ccc(Cl)c(Cl)c1)S(=O)(=O)c1ccccc1. The van der Waals surface area contributed by atoms with Gasteiger partial charge in [0.1, 0.15) is 12.6 Å². The van der Waals surface area contributed by atoms with Gasteiger partial charge in [0.05, 0.1) is 20.6 Å². The zero-order valence-electron chi connectivity index (χ0n) is 23.6. The van der Waals surface area contributed by atoms with Crippen molar-refractivity contribution >= 4 is 73.9 Å². The number of halogens is 4. The molecule has 12 heteroatoms. The van der Waals surface area contributed by atoms with Crippen molar-refractivity contribution in [2.75, 3.05) is 17.4 Å². The summed E-state index contributed by atoms with van der Waals surface area (Å²) in [5.41, 5.74) is 1.33. The zero-order valence-corrected chi connectivity index (χ0v) is 27.4. The maximum absolute atomic E-state index is 14.4. The standard InChI is InChI=1S/C32H29Cl4N3O4S/c1-2-37-32(41)30(18-22-10-5-3-6-11-22)38(20-25-26(33)14-9-15-27(25)34)31(40)21-39(23-16-17-28(35)29(36)19-23)44(42,43)24-12-7-4-8-13-24/h3-17,19,30H,2,18,20-21H2,1H3,(H,37,41). The Kier molecular flexibility index (Phi) is 11.6.